The first kappa shape index (κ1) is 14.9. The number of nitrogens with zero attached hydrogens (tertiary/aromatic N) is 1. The van der Waals surface area contributed by atoms with Gasteiger partial charge in [0.1, 0.15) is 12.4 Å². The fraction of sp³-hybridized carbons (Fsp3) is 0.188. The van der Waals surface area contributed by atoms with Gasteiger partial charge in [0.15, 0.2) is 5.84 Å². The lowest BCUT2D eigenvalue weighted by Crippen LogP contribution is -2.13. The van der Waals surface area contributed by atoms with Gasteiger partial charge in [0, 0.05) is 11.1 Å². The SMILES string of the molecule is Cc1cc(/C(N)=N/O)ccc1COc1ccccc1CO. The van der Waals surface area contributed by atoms with Crippen LogP contribution in [-0.4, -0.2) is 16.1 Å². The van der Waals surface area contributed by atoms with Crippen molar-refractivity contribution in [2.75, 3.05) is 0 Å². The average molecular weight is 286 g/mol. The van der Waals surface area contributed by atoms with E-state index < -0.39 is 0 Å². The van der Waals surface area contributed by atoms with E-state index in [4.69, 9.17) is 15.7 Å². The Balaban J connectivity index is 2.14. The number of hydrogen-bond donors (Lipinski definition) is 3. The fourth-order valence-corrected chi connectivity index (χ4v) is 2.01. The van der Waals surface area contributed by atoms with Crippen molar-refractivity contribution in [3.63, 3.8) is 0 Å². The molecule has 0 aliphatic rings. The number of amidine groups is 1. The van der Waals surface area contributed by atoms with E-state index >= 15 is 0 Å². The molecule has 0 saturated heterocycles. The molecule has 0 atom stereocenters. The molecular formula is C16H18N2O3. The number of rotatable bonds is 5. The number of benzene rings is 2. The van der Waals surface area contributed by atoms with Crippen LogP contribution in [0.3, 0.4) is 0 Å². The Morgan fingerprint density at radius 1 is 1.19 bits per heavy atom. The molecule has 0 aliphatic heterocycles. The van der Waals surface area contributed by atoms with Crippen LogP contribution in [-0.2, 0) is 13.2 Å². The van der Waals surface area contributed by atoms with Gasteiger partial charge in [0.2, 0.25) is 0 Å². The maximum Gasteiger partial charge on any atom is 0.170 e. The standard InChI is InChI=1S/C16H18N2O3/c1-11-8-12(16(17)18-20)6-7-14(11)10-21-15-5-3-2-4-13(15)9-19/h2-8,19-20H,9-10H2,1H3,(H2,17,18). The van der Waals surface area contributed by atoms with E-state index in [9.17, 15) is 5.11 Å². The molecule has 5 nitrogen and oxygen atoms in total. The van der Waals surface area contributed by atoms with Gasteiger partial charge in [-0.15, -0.1) is 0 Å². The van der Waals surface area contributed by atoms with Crippen molar-refractivity contribution < 1.29 is 15.1 Å². The molecular weight excluding hydrogens is 268 g/mol. The minimum atomic E-state index is -0.0579. The third-order valence-corrected chi connectivity index (χ3v) is 3.27. The van der Waals surface area contributed by atoms with Gasteiger partial charge in [0.05, 0.1) is 6.61 Å². The predicted molar refractivity (Wildman–Crippen MR) is 80.4 cm³/mol. The minimum absolute atomic E-state index is 0.0579. The Morgan fingerprint density at radius 3 is 2.62 bits per heavy atom. The molecule has 0 unspecified atom stereocenters. The molecule has 0 spiro atoms. The lowest BCUT2D eigenvalue weighted by Gasteiger charge is -2.12. The van der Waals surface area contributed by atoms with E-state index in [0.29, 0.717) is 17.9 Å². The molecule has 2 aromatic rings. The summed E-state index contributed by atoms with van der Waals surface area (Å²) in [6, 6.07) is 12.9. The lowest BCUT2D eigenvalue weighted by atomic mass is 10.1. The van der Waals surface area contributed by atoms with E-state index in [1.807, 2.05) is 43.3 Å². The molecule has 5 heteroatoms. The molecule has 0 saturated carbocycles. The zero-order chi connectivity index (χ0) is 15.2. The molecule has 0 radical (unpaired) electrons. The van der Waals surface area contributed by atoms with Crippen LogP contribution < -0.4 is 10.5 Å². The molecule has 0 fully saturated rings. The summed E-state index contributed by atoms with van der Waals surface area (Å²) < 4.78 is 5.75. The highest BCUT2D eigenvalue weighted by molar-refractivity contribution is 5.97. The summed E-state index contributed by atoms with van der Waals surface area (Å²) in [5, 5.41) is 20.9. The van der Waals surface area contributed by atoms with E-state index in [0.717, 1.165) is 16.7 Å². The zero-order valence-electron chi connectivity index (χ0n) is 11.8. The largest absolute Gasteiger partial charge is 0.489 e. The van der Waals surface area contributed by atoms with Crippen LogP contribution in [0, 0.1) is 6.92 Å². The van der Waals surface area contributed by atoms with Crippen molar-refractivity contribution in [2.24, 2.45) is 10.9 Å². The molecule has 2 aromatic carbocycles. The Kier molecular flexibility index (Phi) is 4.79. The van der Waals surface area contributed by atoms with Gasteiger partial charge < -0.3 is 20.8 Å². The van der Waals surface area contributed by atoms with E-state index in [-0.39, 0.29) is 12.4 Å². The second kappa shape index (κ2) is 6.76. The first-order valence-electron chi connectivity index (χ1n) is 6.54. The third-order valence-electron chi connectivity index (χ3n) is 3.27. The smallest absolute Gasteiger partial charge is 0.170 e. The van der Waals surface area contributed by atoms with Crippen LogP contribution in [0.2, 0.25) is 0 Å². The number of aryl methyl sites for hydroxylation is 1. The summed E-state index contributed by atoms with van der Waals surface area (Å²) in [5.41, 5.74) is 8.96. The Morgan fingerprint density at radius 2 is 1.95 bits per heavy atom. The third kappa shape index (κ3) is 3.52. The zero-order valence-corrected chi connectivity index (χ0v) is 11.8. The number of ether oxygens (including phenoxy) is 1. The van der Waals surface area contributed by atoms with Crippen LogP contribution >= 0.6 is 0 Å². The van der Waals surface area contributed by atoms with Crippen LogP contribution in [0.25, 0.3) is 0 Å². The van der Waals surface area contributed by atoms with Crippen LogP contribution in [0.4, 0.5) is 0 Å². The summed E-state index contributed by atoms with van der Waals surface area (Å²) in [4.78, 5) is 0. The molecule has 0 aliphatic carbocycles. The second-order valence-corrected chi connectivity index (χ2v) is 4.68. The summed E-state index contributed by atoms with van der Waals surface area (Å²) in [6.45, 7) is 2.27. The first-order valence-corrected chi connectivity index (χ1v) is 6.54. The van der Waals surface area contributed by atoms with Crippen molar-refractivity contribution in [1.82, 2.24) is 0 Å². The highest BCUT2D eigenvalue weighted by Crippen LogP contribution is 2.20. The monoisotopic (exact) mass is 286 g/mol. The van der Waals surface area contributed by atoms with Crippen molar-refractivity contribution in [3.05, 3.63) is 64.7 Å². The second-order valence-electron chi connectivity index (χ2n) is 4.68. The normalized spacial score (nSPS) is 11.4. The Labute approximate surface area is 123 Å². The van der Waals surface area contributed by atoms with Gasteiger partial charge in [0.25, 0.3) is 0 Å². The van der Waals surface area contributed by atoms with E-state index in [2.05, 4.69) is 5.16 Å². The van der Waals surface area contributed by atoms with Gasteiger partial charge >= 0.3 is 0 Å². The van der Waals surface area contributed by atoms with Gasteiger partial charge in [-0.05, 0) is 30.2 Å². The summed E-state index contributed by atoms with van der Waals surface area (Å²) in [5.74, 6) is 0.746. The number of nitrogens with two attached hydrogens (primary N) is 1. The van der Waals surface area contributed by atoms with Gasteiger partial charge in [-0.1, -0.05) is 35.5 Å². The fourth-order valence-electron chi connectivity index (χ4n) is 2.01. The average Bonchev–Trinajstić information content (AvgIpc) is 2.53. The maximum absolute atomic E-state index is 9.26. The summed E-state index contributed by atoms with van der Waals surface area (Å²) >= 11 is 0. The number of oxime groups is 1. The molecule has 0 heterocycles. The quantitative estimate of drug-likeness (QED) is 0.340. The van der Waals surface area contributed by atoms with Crippen molar-refractivity contribution in [3.8, 4) is 5.75 Å². The number of aliphatic hydroxyl groups is 1. The first-order chi connectivity index (χ1) is 10.2. The molecule has 2 rings (SSSR count). The van der Waals surface area contributed by atoms with Gasteiger partial charge in [-0.25, -0.2) is 0 Å². The van der Waals surface area contributed by atoms with Gasteiger partial charge in [-0.2, -0.15) is 0 Å². The summed E-state index contributed by atoms with van der Waals surface area (Å²) in [6.07, 6.45) is 0. The molecule has 0 amide bonds. The van der Waals surface area contributed by atoms with Gasteiger partial charge in [-0.3, -0.25) is 0 Å². The molecule has 0 bridgehead atoms. The molecule has 4 N–H and O–H groups in total. The molecule has 0 aromatic heterocycles. The molecule has 21 heavy (non-hydrogen) atoms. The highest BCUT2D eigenvalue weighted by Gasteiger charge is 2.06. The van der Waals surface area contributed by atoms with Crippen molar-refractivity contribution in [1.29, 1.82) is 0 Å². The van der Waals surface area contributed by atoms with Crippen molar-refractivity contribution in [2.45, 2.75) is 20.1 Å². The molecule has 110 valence electrons. The highest BCUT2D eigenvalue weighted by atomic mass is 16.5. The number of aliphatic hydroxyl groups excluding tert-OH is 1. The topological polar surface area (TPSA) is 88.1 Å². The lowest BCUT2D eigenvalue weighted by molar-refractivity contribution is 0.259. The number of hydrogen-bond acceptors (Lipinski definition) is 4. The van der Waals surface area contributed by atoms with Crippen molar-refractivity contribution >= 4 is 5.84 Å². The van der Waals surface area contributed by atoms with Crippen LogP contribution in [0.15, 0.2) is 47.6 Å². The van der Waals surface area contributed by atoms with E-state index in [1.165, 1.54) is 0 Å². The summed E-state index contributed by atoms with van der Waals surface area (Å²) in [7, 11) is 0. The Hall–Kier alpha value is -2.53. The van der Waals surface area contributed by atoms with E-state index in [1.54, 1.807) is 6.07 Å². The minimum Gasteiger partial charge on any atom is -0.489 e. The predicted octanol–water partition coefficient (Wildman–Crippen LogP) is 2.16. The maximum atomic E-state index is 9.26. The number of para-hydroxylation sites is 1. The van der Waals surface area contributed by atoms with Crippen LogP contribution in [0.5, 0.6) is 5.75 Å². The Bertz CT molecular complexity index is 654. The van der Waals surface area contributed by atoms with Crippen LogP contribution in [0.1, 0.15) is 22.3 Å².